The number of imide groups is 1. The number of fused-ring (bicyclic) bond motifs is 1. The summed E-state index contributed by atoms with van der Waals surface area (Å²) in [6.45, 7) is 1.21. The molecular formula is C26H21N3O4S. The molecule has 170 valence electrons. The van der Waals surface area contributed by atoms with E-state index in [9.17, 15) is 14.4 Å². The Balaban J connectivity index is 1.24. The van der Waals surface area contributed by atoms with Crippen molar-refractivity contribution in [1.29, 1.82) is 0 Å². The van der Waals surface area contributed by atoms with Crippen LogP contribution in [-0.4, -0.2) is 41.8 Å². The number of amides is 3. The highest BCUT2D eigenvalue weighted by Gasteiger charge is 2.29. The zero-order chi connectivity index (χ0) is 23.5. The molecule has 3 amide bonds. The monoisotopic (exact) mass is 471 g/mol. The lowest BCUT2D eigenvalue weighted by molar-refractivity contribution is -0.115. The van der Waals surface area contributed by atoms with Gasteiger partial charge in [0.05, 0.1) is 29.4 Å². The lowest BCUT2D eigenvalue weighted by Gasteiger charge is -2.38. The highest BCUT2D eigenvalue weighted by atomic mass is 32.2. The molecule has 2 aliphatic rings. The number of anilines is 2. The quantitative estimate of drug-likeness (QED) is 0.528. The second-order valence-corrected chi connectivity index (χ2v) is 8.78. The summed E-state index contributed by atoms with van der Waals surface area (Å²) in [5, 5.41) is 1.87. The van der Waals surface area contributed by atoms with E-state index in [2.05, 4.69) is 10.2 Å². The number of carbonyl (C=O) groups excluding carboxylic acids is 3. The lowest BCUT2D eigenvalue weighted by Crippen LogP contribution is -2.46. The van der Waals surface area contributed by atoms with Crippen LogP contribution in [0.2, 0.25) is 0 Å². The topological polar surface area (TPSA) is 79.0 Å². The number of thioether (sulfide) groups is 1. The smallest absolute Gasteiger partial charge is 0.290 e. The van der Waals surface area contributed by atoms with E-state index >= 15 is 0 Å². The summed E-state index contributed by atoms with van der Waals surface area (Å²) in [5.74, 6) is 0.259. The summed E-state index contributed by atoms with van der Waals surface area (Å²) in [6.07, 6.45) is 1.66. The fourth-order valence-electron chi connectivity index (χ4n) is 3.88. The molecule has 0 spiro atoms. The van der Waals surface area contributed by atoms with E-state index in [1.807, 2.05) is 66.7 Å². The van der Waals surface area contributed by atoms with Gasteiger partial charge in [-0.1, -0.05) is 42.5 Å². The highest BCUT2D eigenvalue weighted by Crippen LogP contribution is 2.33. The average Bonchev–Trinajstić information content (AvgIpc) is 3.18. The molecule has 1 saturated heterocycles. The number of para-hydroxylation sites is 2. The number of rotatable bonds is 6. The van der Waals surface area contributed by atoms with Crippen LogP contribution in [0.1, 0.15) is 15.9 Å². The average molecular weight is 472 g/mol. The van der Waals surface area contributed by atoms with Crippen molar-refractivity contribution in [2.24, 2.45) is 0 Å². The third-order valence-electron chi connectivity index (χ3n) is 5.54. The first-order valence-electron chi connectivity index (χ1n) is 10.8. The standard InChI is InChI=1S/C26H21N3O4S/c30-24-23(34-26(32)27-24)16-18-10-12-20(13-11-18)33-15-14-28-17-29(19-6-2-1-3-7-19)22-9-5-4-8-21(22)25(28)31/h1-13,16H,14-15,17H2,(H,27,30,32)/b23-16-. The van der Waals surface area contributed by atoms with Crippen LogP contribution in [-0.2, 0) is 4.79 Å². The summed E-state index contributed by atoms with van der Waals surface area (Å²) < 4.78 is 5.88. The molecule has 0 bridgehead atoms. The molecule has 1 N–H and O–H groups in total. The Morgan fingerprint density at radius 1 is 0.912 bits per heavy atom. The van der Waals surface area contributed by atoms with Gasteiger partial charge in [-0.3, -0.25) is 19.7 Å². The summed E-state index contributed by atoms with van der Waals surface area (Å²) in [6, 6.07) is 24.9. The number of hydrogen-bond donors (Lipinski definition) is 1. The van der Waals surface area contributed by atoms with Gasteiger partial charge in [0.1, 0.15) is 12.4 Å². The minimum atomic E-state index is -0.382. The van der Waals surface area contributed by atoms with E-state index in [1.54, 1.807) is 23.1 Å². The van der Waals surface area contributed by atoms with Crippen molar-refractivity contribution in [3.8, 4) is 5.75 Å². The molecule has 0 radical (unpaired) electrons. The number of benzene rings is 3. The molecule has 2 heterocycles. The van der Waals surface area contributed by atoms with Crippen LogP contribution in [0.15, 0.2) is 83.8 Å². The Morgan fingerprint density at radius 2 is 1.65 bits per heavy atom. The second kappa shape index (κ2) is 9.44. The molecule has 5 rings (SSSR count). The number of carbonyl (C=O) groups is 3. The van der Waals surface area contributed by atoms with Crippen molar-refractivity contribution in [2.75, 3.05) is 24.7 Å². The molecule has 8 heteroatoms. The van der Waals surface area contributed by atoms with Crippen molar-refractivity contribution < 1.29 is 19.1 Å². The Hall–Kier alpha value is -4.04. The molecule has 7 nitrogen and oxygen atoms in total. The van der Waals surface area contributed by atoms with Gasteiger partial charge in [0.25, 0.3) is 17.1 Å². The van der Waals surface area contributed by atoms with E-state index in [0.29, 0.717) is 36.0 Å². The fourth-order valence-corrected chi connectivity index (χ4v) is 4.56. The number of hydrogen-bond acceptors (Lipinski definition) is 6. The van der Waals surface area contributed by atoms with Gasteiger partial charge >= 0.3 is 0 Å². The van der Waals surface area contributed by atoms with Crippen LogP contribution in [0, 0.1) is 0 Å². The third kappa shape index (κ3) is 4.53. The van der Waals surface area contributed by atoms with Crippen LogP contribution in [0.4, 0.5) is 16.2 Å². The van der Waals surface area contributed by atoms with E-state index in [-0.39, 0.29) is 17.1 Å². The molecule has 0 unspecified atom stereocenters. The highest BCUT2D eigenvalue weighted by molar-refractivity contribution is 8.18. The van der Waals surface area contributed by atoms with Gasteiger partial charge in [-0.25, -0.2) is 0 Å². The summed E-state index contributed by atoms with van der Waals surface area (Å²) in [5.41, 5.74) is 3.38. The van der Waals surface area contributed by atoms with Crippen LogP contribution in [0.5, 0.6) is 5.75 Å². The van der Waals surface area contributed by atoms with E-state index < -0.39 is 0 Å². The van der Waals surface area contributed by atoms with Crippen molar-refractivity contribution in [3.05, 3.63) is 94.9 Å². The Labute approximate surface area is 201 Å². The molecule has 0 atom stereocenters. The van der Waals surface area contributed by atoms with E-state index in [1.165, 1.54) is 0 Å². The number of nitrogens with zero attached hydrogens (tertiary/aromatic N) is 2. The molecular weight excluding hydrogens is 450 g/mol. The Kier molecular flexibility index (Phi) is 6.05. The maximum Gasteiger partial charge on any atom is 0.290 e. The van der Waals surface area contributed by atoms with Gasteiger partial charge in [-0.15, -0.1) is 0 Å². The molecule has 34 heavy (non-hydrogen) atoms. The normalized spacial score (nSPS) is 16.6. The molecule has 1 fully saturated rings. The largest absolute Gasteiger partial charge is 0.492 e. The molecule has 3 aromatic rings. The zero-order valence-electron chi connectivity index (χ0n) is 18.1. The SMILES string of the molecule is O=C1NC(=O)/C(=C/c2ccc(OCCN3CN(c4ccccc4)c4ccccc4C3=O)cc2)S1. The Bertz CT molecular complexity index is 1270. The van der Waals surface area contributed by atoms with Gasteiger partial charge in [0.2, 0.25) is 0 Å². The molecule has 3 aromatic carbocycles. The van der Waals surface area contributed by atoms with Gasteiger partial charge in [-0.05, 0) is 59.8 Å². The summed E-state index contributed by atoms with van der Waals surface area (Å²) in [4.78, 5) is 40.3. The predicted octanol–water partition coefficient (Wildman–Crippen LogP) is 4.64. The Morgan fingerprint density at radius 3 is 2.38 bits per heavy atom. The summed E-state index contributed by atoms with van der Waals surface area (Å²) >= 11 is 0.885. The first kappa shape index (κ1) is 21.8. The predicted molar refractivity (Wildman–Crippen MR) is 132 cm³/mol. The maximum atomic E-state index is 13.1. The first-order valence-corrected chi connectivity index (χ1v) is 11.6. The van der Waals surface area contributed by atoms with Gasteiger partial charge in [0.15, 0.2) is 0 Å². The van der Waals surface area contributed by atoms with Crippen molar-refractivity contribution in [3.63, 3.8) is 0 Å². The van der Waals surface area contributed by atoms with Crippen molar-refractivity contribution in [2.45, 2.75) is 0 Å². The van der Waals surface area contributed by atoms with Gasteiger partial charge < -0.3 is 14.5 Å². The molecule has 0 saturated carbocycles. The third-order valence-corrected chi connectivity index (χ3v) is 6.35. The maximum absolute atomic E-state index is 13.1. The van der Waals surface area contributed by atoms with Crippen LogP contribution < -0.4 is 15.0 Å². The van der Waals surface area contributed by atoms with Crippen LogP contribution in [0.3, 0.4) is 0 Å². The first-order chi connectivity index (χ1) is 16.6. The van der Waals surface area contributed by atoms with Gasteiger partial charge in [0, 0.05) is 5.69 Å². The molecule has 0 aromatic heterocycles. The van der Waals surface area contributed by atoms with Crippen LogP contribution >= 0.6 is 11.8 Å². The molecule has 2 aliphatic heterocycles. The zero-order valence-corrected chi connectivity index (χ0v) is 19.0. The van der Waals surface area contributed by atoms with E-state index in [4.69, 9.17) is 4.74 Å². The summed E-state index contributed by atoms with van der Waals surface area (Å²) in [7, 11) is 0. The van der Waals surface area contributed by atoms with Crippen molar-refractivity contribution >= 4 is 46.3 Å². The molecule has 0 aliphatic carbocycles. The fraction of sp³-hybridized carbons (Fsp3) is 0.115. The lowest BCUT2D eigenvalue weighted by atomic mass is 10.1. The minimum absolute atomic E-state index is 0.0183. The minimum Gasteiger partial charge on any atom is -0.492 e. The van der Waals surface area contributed by atoms with Crippen LogP contribution in [0.25, 0.3) is 6.08 Å². The van der Waals surface area contributed by atoms with E-state index in [0.717, 1.165) is 28.7 Å². The second-order valence-electron chi connectivity index (χ2n) is 7.76. The van der Waals surface area contributed by atoms with Crippen molar-refractivity contribution in [1.82, 2.24) is 10.2 Å². The van der Waals surface area contributed by atoms with Gasteiger partial charge in [-0.2, -0.15) is 0 Å². The number of ether oxygens (including phenoxy) is 1. The number of nitrogens with one attached hydrogen (secondary N) is 1.